The third-order valence-corrected chi connectivity index (χ3v) is 3.21. The molecule has 0 atom stereocenters. The van der Waals surface area contributed by atoms with Crippen molar-refractivity contribution < 1.29 is 4.79 Å². The van der Waals surface area contributed by atoms with Gasteiger partial charge in [0.2, 0.25) is 0 Å². The summed E-state index contributed by atoms with van der Waals surface area (Å²) < 4.78 is 0.770. The standard InChI is InChI=1S/C14H12BrN5O/c1-8-4-10(5-13(18-8)20-17)14(21)19-12-6-11(15)3-2-9(12)7-16/h2-6H,17H2,1H3,(H,18,20)(H,19,21). The Balaban J connectivity index is 2.32. The number of pyridine rings is 1. The normalized spacial score (nSPS) is 9.81. The molecule has 106 valence electrons. The summed E-state index contributed by atoms with van der Waals surface area (Å²) in [6.45, 7) is 1.76. The Kier molecular flexibility index (Phi) is 4.52. The third-order valence-electron chi connectivity index (χ3n) is 2.71. The van der Waals surface area contributed by atoms with E-state index in [1.54, 1.807) is 31.2 Å². The van der Waals surface area contributed by atoms with Crippen LogP contribution in [0.3, 0.4) is 0 Å². The molecule has 21 heavy (non-hydrogen) atoms. The molecule has 2 aromatic rings. The lowest BCUT2D eigenvalue weighted by molar-refractivity contribution is 0.102. The monoisotopic (exact) mass is 345 g/mol. The number of carbonyl (C=O) groups is 1. The van der Waals surface area contributed by atoms with Crippen molar-refractivity contribution in [2.75, 3.05) is 10.7 Å². The van der Waals surface area contributed by atoms with E-state index in [9.17, 15) is 4.79 Å². The van der Waals surface area contributed by atoms with E-state index >= 15 is 0 Å². The maximum atomic E-state index is 12.3. The number of nitriles is 1. The van der Waals surface area contributed by atoms with Gasteiger partial charge in [-0.25, -0.2) is 10.8 Å². The average Bonchev–Trinajstić information content (AvgIpc) is 2.46. The molecule has 2 rings (SSSR count). The molecule has 0 fully saturated rings. The van der Waals surface area contributed by atoms with E-state index in [1.165, 1.54) is 6.07 Å². The topological polar surface area (TPSA) is 104 Å². The first-order chi connectivity index (χ1) is 10.0. The molecule has 1 amide bonds. The van der Waals surface area contributed by atoms with Crippen LogP contribution in [0.1, 0.15) is 21.6 Å². The van der Waals surface area contributed by atoms with E-state index in [4.69, 9.17) is 11.1 Å². The van der Waals surface area contributed by atoms with Crippen LogP contribution in [0.25, 0.3) is 0 Å². The number of benzene rings is 1. The summed E-state index contributed by atoms with van der Waals surface area (Å²) in [5, 5.41) is 11.8. The first kappa shape index (κ1) is 15.0. The number of hydrogen-bond donors (Lipinski definition) is 3. The van der Waals surface area contributed by atoms with Crippen LogP contribution < -0.4 is 16.6 Å². The molecule has 1 aromatic heterocycles. The number of amides is 1. The van der Waals surface area contributed by atoms with E-state index < -0.39 is 0 Å². The Morgan fingerprint density at radius 3 is 2.81 bits per heavy atom. The number of nitrogens with two attached hydrogens (primary N) is 1. The summed E-state index contributed by atoms with van der Waals surface area (Å²) in [6.07, 6.45) is 0. The van der Waals surface area contributed by atoms with Gasteiger partial charge in [-0.1, -0.05) is 15.9 Å². The van der Waals surface area contributed by atoms with Crippen LogP contribution in [0.2, 0.25) is 0 Å². The van der Waals surface area contributed by atoms with Gasteiger partial charge in [0.25, 0.3) is 5.91 Å². The first-order valence-corrected chi connectivity index (χ1v) is 6.79. The molecular weight excluding hydrogens is 334 g/mol. The van der Waals surface area contributed by atoms with Crippen molar-refractivity contribution in [1.82, 2.24) is 4.98 Å². The average molecular weight is 346 g/mol. The highest BCUT2D eigenvalue weighted by Gasteiger charge is 2.11. The number of aryl methyl sites for hydroxylation is 1. The van der Waals surface area contributed by atoms with Gasteiger partial charge in [-0.15, -0.1) is 0 Å². The Labute approximate surface area is 130 Å². The number of nitrogens with zero attached hydrogens (tertiary/aromatic N) is 2. The van der Waals surface area contributed by atoms with Gasteiger partial charge in [0, 0.05) is 15.7 Å². The second-order valence-electron chi connectivity index (χ2n) is 4.28. The molecular formula is C14H12BrN5O. The van der Waals surface area contributed by atoms with E-state index in [2.05, 4.69) is 31.7 Å². The van der Waals surface area contributed by atoms with E-state index in [-0.39, 0.29) is 5.91 Å². The summed E-state index contributed by atoms with van der Waals surface area (Å²) in [5.74, 6) is 5.37. The Hall–Kier alpha value is -2.43. The van der Waals surface area contributed by atoms with Gasteiger partial charge in [0.05, 0.1) is 11.3 Å². The second kappa shape index (κ2) is 6.35. The predicted molar refractivity (Wildman–Crippen MR) is 83.6 cm³/mol. The number of rotatable bonds is 3. The number of nitrogens with one attached hydrogen (secondary N) is 2. The number of hydrogen-bond acceptors (Lipinski definition) is 5. The molecule has 0 spiro atoms. The van der Waals surface area contributed by atoms with Crippen LogP contribution in [-0.4, -0.2) is 10.9 Å². The first-order valence-electron chi connectivity index (χ1n) is 6.00. The van der Waals surface area contributed by atoms with Crippen molar-refractivity contribution >= 4 is 33.3 Å². The molecule has 0 bridgehead atoms. The number of nitrogen functional groups attached to an aromatic ring is 1. The van der Waals surface area contributed by atoms with Crippen molar-refractivity contribution in [3.05, 3.63) is 51.6 Å². The SMILES string of the molecule is Cc1cc(C(=O)Nc2cc(Br)ccc2C#N)cc(NN)n1. The van der Waals surface area contributed by atoms with Crippen molar-refractivity contribution in [1.29, 1.82) is 5.26 Å². The molecule has 0 aliphatic carbocycles. The lowest BCUT2D eigenvalue weighted by Gasteiger charge is -2.09. The van der Waals surface area contributed by atoms with Crippen molar-refractivity contribution in [2.24, 2.45) is 5.84 Å². The van der Waals surface area contributed by atoms with Gasteiger partial charge in [-0.2, -0.15) is 5.26 Å². The van der Waals surface area contributed by atoms with Crippen LogP contribution in [-0.2, 0) is 0 Å². The number of halogens is 1. The second-order valence-corrected chi connectivity index (χ2v) is 5.20. The zero-order valence-electron chi connectivity index (χ0n) is 11.1. The molecule has 1 aromatic carbocycles. The fraction of sp³-hybridized carbons (Fsp3) is 0.0714. The zero-order valence-corrected chi connectivity index (χ0v) is 12.7. The lowest BCUT2D eigenvalue weighted by Crippen LogP contribution is -2.15. The van der Waals surface area contributed by atoms with Crippen molar-refractivity contribution in [3.8, 4) is 6.07 Å². The highest BCUT2D eigenvalue weighted by Crippen LogP contribution is 2.22. The maximum absolute atomic E-state index is 12.3. The molecule has 6 nitrogen and oxygen atoms in total. The predicted octanol–water partition coefficient (Wildman–Crippen LogP) is 2.56. The van der Waals surface area contributed by atoms with Gasteiger partial charge in [-0.3, -0.25) is 4.79 Å². The smallest absolute Gasteiger partial charge is 0.255 e. The van der Waals surface area contributed by atoms with Gasteiger partial charge < -0.3 is 10.7 Å². The van der Waals surface area contributed by atoms with Crippen LogP contribution in [0.15, 0.2) is 34.8 Å². The fourth-order valence-corrected chi connectivity index (χ4v) is 2.15. The van der Waals surface area contributed by atoms with Crippen LogP contribution in [0.4, 0.5) is 11.5 Å². The van der Waals surface area contributed by atoms with Gasteiger partial charge in [-0.05, 0) is 37.3 Å². The van der Waals surface area contributed by atoms with Crippen molar-refractivity contribution in [3.63, 3.8) is 0 Å². The number of anilines is 2. The van der Waals surface area contributed by atoms with Crippen LogP contribution >= 0.6 is 15.9 Å². The molecule has 0 aliphatic rings. The minimum Gasteiger partial charge on any atom is -0.321 e. The largest absolute Gasteiger partial charge is 0.321 e. The molecule has 7 heteroatoms. The number of hydrazine groups is 1. The quantitative estimate of drug-likeness (QED) is 0.585. The highest BCUT2D eigenvalue weighted by atomic mass is 79.9. The molecule has 1 heterocycles. The zero-order chi connectivity index (χ0) is 15.4. The summed E-state index contributed by atoms with van der Waals surface area (Å²) in [4.78, 5) is 16.4. The van der Waals surface area contributed by atoms with Gasteiger partial charge in [0.1, 0.15) is 11.9 Å². The molecule has 4 N–H and O–H groups in total. The Morgan fingerprint density at radius 1 is 1.38 bits per heavy atom. The maximum Gasteiger partial charge on any atom is 0.255 e. The molecule has 0 saturated carbocycles. The van der Waals surface area contributed by atoms with Gasteiger partial charge in [0.15, 0.2) is 0 Å². The van der Waals surface area contributed by atoms with Crippen LogP contribution in [0.5, 0.6) is 0 Å². The summed E-state index contributed by atoms with van der Waals surface area (Å²) >= 11 is 3.31. The summed E-state index contributed by atoms with van der Waals surface area (Å²) in [7, 11) is 0. The number of aromatic nitrogens is 1. The Bertz CT molecular complexity index is 739. The third kappa shape index (κ3) is 3.56. The molecule has 0 aliphatic heterocycles. The lowest BCUT2D eigenvalue weighted by atomic mass is 10.1. The van der Waals surface area contributed by atoms with Crippen molar-refractivity contribution in [2.45, 2.75) is 6.92 Å². The number of carbonyl (C=O) groups excluding carboxylic acids is 1. The van der Waals surface area contributed by atoms with E-state index in [1.807, 2.05) is 6.07 Å². The van der Waals surface area contributed by atoms with E-state index in [0.717, 1.165) is 4.47 Å². The van der Waals surface area contributed by atoms with Gasteiger partial charge >= 0.3 is 0 Å². The highest BCUT2D eigenvalue weighted by molar-refractivity contribution is 9.10. The molecule has 0 unspecified atom stereocenters. The summed E-state index contributed by atoms with van der Waals surface area (Å²) in [6, 6.07) is 10.2. The molecule has 0 saturated heterocycles. The fourth-order valence-electron chi connectivity index (χ4n) is 1.79. The minimum absolute atomic E-state index is 0.341. The van der Waals surface area contributed by atoms with E-state index in [0.29, 0.717) is 28.3 Å². The minimum atomic E-state index is -0.341. The van der Waals surface area contributed by atoms with Crippen LogP contribution in [0, 0.1) is 18.3 Å². The molecule has 0 radical (unpaired) electrons. The Morgan fingerprint density at radius 2 is 2.14 bits per heavy atom. The summed E-state index contributed by atoms with van der Waals surface area (Å²) in [5.41, 5.74) is 4.29.